The molecule has 0 unspecified atom stereocenters. The minimum absolute atomic E-state index is 0.0382. The van der Waals surface area contributed by atoms with Gasteiger partial charge in [-0.2, -0.15) is 0 Å². The summed E-state index contributed by atoms with van der Waals surface area (Å²) < 4.78 is 2.41. The number of pyridine rings is 1. The molecule has 0 fully saturated rings. The van der Waals surface area contributed by atoms with Crippen LogP contribution in [0.3, 0.4) is 0 Å². The van der Waals surface area contributed by atoms with Crippen LogP contribution in [0.1, 0.15) is 10.4 Å². The Morgan fingerprint density at radius 2 is 2.00 bits per heavy atom. The number of hydrogen-bond donors (Lipinski definition) is 1. The summed E-state index contributed by atoms with van der Waals surface area (Å²) in [6.45, 7) is 2.48. The van der Waals surface area contributed by atoms with E-state index in [1.807, 2.05) is 49.4 Å². The summed E-state index contributed by atoms with van der Waals surface area (Å²) in [6.07, 6.45) is 1.68. The van der Waals surface area contributed by atoms with Crippen LogP contribution in [0.25, 0.3) is 10.1 Å². The van der Waals surface area contributed by atoms with E-state index in [9.17, 15) is 9.59 Å². The molecule has 2 aromatic heterocycles. The van der Waals surface area contributed by atoms with E-state index in [1.165, 1.54) is 4.57 Å². The van der Waals surface area contributed by atoms with Gasteiger partial charge in [0.05, 0.1) is 5.39 Å². The molecular formula is C17H16N2O2S. The lowest BCUT2D eigenvalue weighted by atomic mass is 10.2. The van der Waals surface area contributed by atoms with Crippen molar-refractivity contribution in [2.45, 2.75) is 20.0 Å². The maximum absolute atomic E-state index is 12.3. The molecule has 0 atom stereocenters. The Bertz CT molecular complexity index is 865. The van der Waals surface area contributed by atoms with Crippen LogP contribution in [0.4, 0.5) is 0 Å². The Kier molecular flexibility index (Phi) is 4.06. The smallest absolute Gasteiger partial charge is 0.259 e. The van der Waals surface area contributed by atoms with Gasteiger partial charge in [0.15, 0.2) is 0 Å². The number of nitrogens with zero attached hydrogens (tertiary/aromatic N) is 1. The fraction of sp³-hybridized carbons (Fsp3) is 0.176. The summed E-state index contributed by atoms with van der Waals surface area (Å²) >= 11 is 1.59. The van der Waals surface area contributed by atoms with Gasteiger partial charge in [-0.1, -0.05) is 30.3 Å². The number of nitrogens with one attached hydrogen (secondary N) is 1. The van der Waals surface area contributed by atoms with E-state index in [0.29, 0.717) is 11.9 Å². The molecule has 0 saturated carbocycles. The first-order chi connectivity index (χ1) is 10.6. The van der Waals surface area contributed by atoms with E-state index in [4.69, 9.17) is 0 Å². The third kappa shape index (κ3) is 3.09. The molecule has 5 heteroatoms. The molecule has 2 heterocycles. The predicted molar refractivity (Wildman–Crippen MR) is 89.1 cm³/mol. The van der Waals surface area contributed by atoms with Gasteiger partial charge in [-0.15, -0.1) is 11.3 Å². The lowest BCUT2D eigenvalue weighted by Gasteiger charge is -2.07. The van der Waals surface area contributed by atoms with E-state index in [0.717, 1.165) is 15.1 Å². The number of carbonyl (C=O) groups is 1. The van der Waals surface area contributed by atoms with Crippen molar-refractivity contribution < 1.29 is 4.79 Å². The van der Waals surface area contributed by atoms with Crippen LogP contribution >= 0.6 is 11.3 Å². The molecule has 0 radical (unpaired) electrons. The second kappa shape index (κ2) is 6.15. The monoisotopic (exact) mass is 312 g/mol. The zero-order valence-electron chi connectivity index (χ0n) is 12.2. The van der Waals surface area contributed by atoms with Crippen LogP contribution in [0, 0.1) is 6.92 Å². The Labute approximate surface area is 132 Å². The van der Waals surface area contributed by atoms with Crippen molar-refractivity contribution in [3.8, 4) is 0 Å². The SMILES string of the molecule is Cc1cc2c(=O)n(CC(=O)NCc3ccccc3)ccc2s1. The molecule has 0 aliphatic rings. The molecule has 0 aliphatic heterocycles. The molecule has 0 aliphatic carbocycles. The normalized spacial score (nSPS) is 10.8. The number of hydrogen-bond acceptors (Lipinski definition) is 3. The molecule has 0 bridgehead atoms. The highest BCUT2D eigenvalue weighted by atomic mass is 32.1. The number of amides is 1. The van der Waals surface area contributed by atoms with Crippen LogP contribution in [0.15, 0.2) is 53.5 Å². The third-order valence-corrected chi connectivity index (χ3v) is 4.44. The molecule has 0 spiro atoms. The molecule has 3 rings (SSSR count). The maximum Gasteiger partial charge on any atom is 0.259 e. The zero-order valence-corrected chi connectivity index (χ0v) is 13.0. The number of aryl methyl sites for hydroxylation is 1. The van der Waals surface area contributed by atoms with Crippen LogP contribution < -0.4 is 10.9 Å². The molecule has 1 aromatic carbocycles. The van der Waals surface area contributed by atoms with Gasteiger partial charge in [-0.25, -0.2) is 0 Å². The van der Waals surface area contributed by atoms with E-state index >= 15 is 0 Å². The van der Waals surface area contributed by atoms with Crippen molar-refractivity contribution in [2.75, 3.05) is 0 Å². The summed E-state index contributed by atoms with van der Waals surface area (Å²) in [4.78, 5) is 25.4. The van der Waals surface area contributed by atoms with Gasteiger partial charge in [-0.05, 0) is 24.6 Å². The molecule has 0 saturated heterocycles. The van der Waals surface area contributed by atoms with Crippen molar-refractivity contribution in [2.24, 2.45) is 0 Å². The Morgan fingerprint density at radius 1 is 1.23 bits per heavy atom. The van der Waals surface area contributed by atoms with Crippen molar-refractivity contribution >= 4 is 27.3 Å². The zero-order chi connectivity index (χ0) is 15.5. The highest BCUT2D eigenvalue weighted by molar-refractivity contribution is 7.18. The van der Waals surface area contributed by atoms with Gasteiger partial charge in [0.25, 0.3) is 5.56 Å². The second-order valence-electron chi connectivity index (χ2n) is 5.15. The van der Waals surface area contributed by atoms with E-state index in [2.05, 4.69) is 5.32 Å². The van der Waals surface area contributed by atoms with Crippen LogP contribution in [0.5, 0.6) is 0 Å². The lowest BCUT2D eigenvalue weighted by Crippen LogP contribution is -2.31. The summed E-state index contributed by atoms with van der Waals surface area (Å²) in [7, 11) is 0. The first-order valence-electron chi connectivity index (χ1n) is 7.04. The topological polar surface area (TPSA) is 51.1 Å². The first kappa shape index (κ1) is 14.5. The molecule has 4 nitrogen and oxygen atoms in total. The van der Waals surface area contributed by atoms with Crippen LogP contribution in [0.2, 0.25) is 0 Å². The number of benzene rings is 1. The first-order valence-corrected chi connectivity index (χ1v) is 7.85. The molecular weight excluding hydrogens is 296 g/mol. The van der Waals surface area contributed by atoms with Gasteiger partial charge in [-0.3, -0.25) is 9.59 Å². The fourth-order valence-corrected chi connectivity index (χ4v) is 3.24. The van der Waals surface area contributed by atoms with Crippen LogP contribution in [-0.4, -0.2) is 10.5 Å². The summed E-state index contributed by atoms with van der Waals surface area (Å²) in [5.41, 5.74) is 0.920. The number of thiophene rings is 1. The van der Waals surface area contributed by atoms with Gasteiger partial charge in [0.2, 0.25) is 5.91 Å². The lowest BCUT2D eigenvalue weighted by molar-refractivity contribution is -0.121. The second-order valence-corrected chi connectivity index (χ2v) is 6.43. The van der Waals surface area contributed by atoms with Crippen molar-refractivity contribution in [1.29, 1.82) is 0 Å². The minimum Gasteiger partial charge on any atom is -0.350 e. The standard InChI is InChI=1S/C17H16N2O2S/c1-12-9-14-15(22-12)7-8-19(17(14)21)11-16(20)18-10-13-5-3-2-4-6-13/h2-9H,10-11H2,1H3,(H,18,20). The van der Waals surface area contributed by atoms with E-state index < -0.39 is 0 Å². The van der Waals surface area contributed by atoms with Gasteiger partial charge >= 0.3 is 0 Å². The van der Waals surface area contributed by atoms with Crippen molar-refractivity contribution in [1.82, 2.24) is 9.88 Å². The van der Waals surface area contributed by atoms with Crippen molar-refractivity contribution in [3.05, 3.63) is 69.5 Å². The van der Waals surface area contributed by atoms with Crippen molar-refractivity contribution in [3.63, 3.8) is 0 Å². The van der Waals surface area contributed by atoms with E-state index in [-0.39, 0.29) is 18.0 Å². The highest BCUT2D eigenvalue weighted by Crippen LogP contribution is 2.21. The highest BCUT2D eigenvalue weighted by Gasteiger charge is 2.08. The average Bonchev–Trinajstić information content (AvgIpc) is 2.91. The van der Waals surface area contributed by atoms with Gasteiger partial charge < -0.3 is 9.88 Å². The Balaban J connectivity index is 1.71. The Morgan fingerprint density at radius 3 is 2.77 bits per heavy atom. The summed E-state index contributed by atoms with van der Waals surface area (Å²) in [5, 5.41) is 3.51. The van der Waals surface area contributed by atoms with Gasteiger partial charge in [0.1, 0.15) is 6.54 Å². The molecule has 1 N–H and O–H groups in total. The number of aromatic nitrogens is 1. The average molecular weight is 312 g/mol. The van der Waals surface area contributed by atoms with Crippen LogP contribution in [-0.2, 0) is 17.9 Å². The third-order valence-electron chi connectivity index (χ3n) is 3.43. The maximum atomic E-state index is 12.3. The Hall–Kier alpha value is -2.40. The molecule has 22 heavy (non-hydrogen) atoms. The molecule has 3 aromatic rings. The minimum atomic E-state index is -0.169. The summed E-state index contributed by atoms with van der Waals surface area (Å²) in [5.74, 6) is -0.169. The molecule has 112 valence electrons. The van der Waals surface area contributed by atoms with Gasteiger partial charge in [0, 0.05) is 22.3 Å². The summed E-state index contributed by atoms with van der Waals surface area (Å²) in [6, 6.07) is 13.5. The fourth-order valence-electron chi connectivity index (χ4n) is 2.33. The number of rotatable bonds is 4. The molecule has 1 amide bonds. The van der Waals surface area contributed by atoms with E-state index in [1.54, 1.807) is 17.5 Å². The largest absolute Gasteiger partial charge is 0.350 e. The number of carbonyl (C=O) groups excluding carboxylic acids is 1. The number of fused-ring (bicyclic) bond motifs is 1. The predicted octanol–water partition coefficient (Wildman–Crippen LogP) is 2.69. The quantitative estimate of drug-likeness (QED) is 0.805.